The van der Waals surface area contributed by atoms with Crippen LogP contribution in [0.4, 0.5) is 0 Å². The van der Waals surface area contributed by atoms with Crippen molar-refractivity contribution in [3.05, 3.63) is 64.7 Å². The molecule has 1 N–H and O–H groups in total. The summed E-state index contributed by atoms with van der Waals surface area (Å²) in [4.78, 5) is 1.30. The van der Waals surface area contributed by atoms with Gasteiger partial charge in [-0.15, -0.1) is 11.8 Å². The van der Waals surface area contributed by atoms with E-state index >= 15 is 0 Å². The molecule has 0 saturated carbocycles. The first-order chi connectivity index (χ1) is 9.13. The van der Waals surface area contributed by atoms with Crippen molar-refractivity contribution >= 4 is 11.8 Å². The fourth-order valence-electron chi connectivity index (χ4n) is 2.50. The molecule has 2 rings (SSSR count). The number of rotatable bonds is 4. The monoisotopic (exact) mass is 271 g/mol. The van der Waals surface area contributed by atoms with Crippen molar-refractivity contribution in [2.24, 2.45) is 0 Å². The highest BCUT2D eigenvalue weighted by atomic mass is 32.2. The number of benzene rings is 2. The molecule has 1 nitrogen and oxygen atoms in total. The lowest BCUT2D eigenvalue weighted by Gasteiger charge is -2.19. The van der Waals surface area contributed by atoms with Gasteiger partial charge in [0.2, 0.25) is 0 Å². The standard InChI is InChI=1S/C17H21NS/c1-12-9-13(2)11-15(10-12)17(18-3)14-5-7-16(19-4)8-6-14/h5-11,17-18H,1-4H3. The smallest absolute Gasteiger partial charge is 0.0574 e. The molecule has 0 aliphatic carbocycles. The van der Waals surface area contributed by atoms with Crippen molar-refractivity contribution in [1.29, 1.82) is 0 Å². The van der Waals surface area contributed by atoms with Gasteiger partial charge in [0.15, 0.2) is 0 Å². The van der Waals surface area contributed by atoms with E-state index in [0.29, 0.717) is 0 Å². The predicted octanol–water partition coefficient (Wildman–Crippen LogP) is 4.33. The molecule has 0 saturated heterocycles. The van der Waals surface area contributed by atoms with E-state index in [1.807, 2.05) is 7.05 Å². The van der Waals surface area contributed by atoms with Gasteiger partial charge in [-0.2, -0.15) is 0 Å². The van der Waals surface area contributed by atoms with Crippen molar-refractivity contribution in [1.82, 2.24) is 5.32 Å². The fourth-order valence-corrected chi connectivity index (χ4v) is 2.91. The van der Waals surface area contributed by atoms with Gasteiger partial charge in [-0.1, -0.05) is 41.5 Å². The van der Waals surface area contributed by atoms with Crippen molar-refractivity contribution < 1.29 is 0 Å². The first kappa shape index (κ1) is 14.2. The summed E-state index contributed by atoms with van der Waals surface area (Å²) in [7, 11) is 2.02. The van der Waals surface area contributed by atoms with Gasteiger partial charge in [-0.25, -0.2) is 0 Å². The number of aryl methyl sites for hydroxylation is 2. The van der Waals surface area contributed by atoms with Crippen molar-refractivity contribution in [3.63, 3.8) is 0 Å². The molecule has 2 heteroatoms. The van der Waals surface area contributed by atoms with E-state index in [-0.39, 0.29) is 6.04 Å². The van der Waals surface area contributed by atoms with Crippen molar-refractivity contribution in [3.8, 4) is 0 Å². The third kappa shape index (κ3) is 3.40. The quantitative estimate of drug-likeness (QED) is 0.830. The van der Waals surface area contributed by atoms with Crippen LogP contribution in [0.25, 0.3) is 0 Å². The van der Waals surface area contributed by atoms with Gasteiger partial charge in [0.05, 0.1) is 6.04 Å². The summed E-state index contributed by atoms with van der Waals surface area (Å²) in [5, 5.41) is 3.42. The topological polar surface area (TPSA) is 12.0 Å². The van der Waals surface area contributed by atoms with Crippen LogP contribution in [0.5, 0.6) is 0 Å². The van der Waals surface area contributed by atoms with E-state index < -0.39 is 0 Å². The molecule has 0 spiro atoms. The Morgan fingerprint density at radius 3 is 1.95 bits per heavy atom. The zero-order chi connectivity index (χ0) is 13.8. The minimum atomic E-state index is 0.259. The average Bonchev–Trinajstić information content (AvgIpc) is 2.39. The van der Waals surface area contributed by atoms with E-state index in [0.717, 1.165) is 0 Å². The van der Waals surface area contributed by atoms with Gasteiger partial charge in [-0.3, -0.25) is 0 Å². The van der Waals surface area contributed by atoms with Gasteiger partial charge in [-0.05, 0) is 50.4 Å². The lowest BCUT2D eigenvalue weighted by molar-refractivity contribution is 0.690. The second-order valence-corrected chi connectivity index (χ2v) is 5.80. The van der Waals surface area contributed by atoms with E-state index in [1.54, 1.807) is 11.8 Å². The number of hydrogen-bond donors (Lipinski definition) is 1. The molecule has 100 valence electrons. The van der Waals surface area contributed by atoms with Gasteiger partial charge in [0, 0.05) is 4.90 Å². The zero-order valence-electron chi connectivity index (χ0n) is 12.0. The Hall–Kier alpha value is -1.25. The minimum Gasteiger partial charge on any atom is -0.309 e. The van der Waals surface area contributed by atoms with Crippen LogP contribution in [0.2, 0.25) is 0 Å². The van der Waals surface area contributed by atoms with Crippen LogP contribution in [0.15, 0.2) is 47.4 Å². The lowest BCUT2D eigenvalue weighted by Crippen LogP contribution is -2.17. The van der Waals surface area contributed by atoms with Crippen LogP contribution >= 0.6 is 11.8 Å². The molecule has 0 aliphatic rings. The van der Waals surface area contributed by atoms with Crippen LogP contribution in [0.1, 0.15) is 28.3 Å². The molecule has 0 aromatic heterocycles. The van der Waals surface area contributed by atoms with Crippen LogP contribution in [0.3, 0.4) is 0 Å². The Bertz CT molecular complexity index is 525. The van der Waals surface area contributed by atoms with Crippen LogP contribution in [-0.2, 0) is 0 Å². The maximum atomic E-state index is 3.42. The van der Waals surface area contributed by atoms with Crippen molar-refractivity contribution in [2.75, 3.05) is 13.3 Å². The zero-order valence-corrected chi connectivity index (χ0v) is 12.8. The molecule has 0 heterocycles. The molecule has 0 aliphatic heterocycles. The average molecular weight is 271 g/mol. The Labute approximate surface area is 120 Å². The molecule has 0 radical (unpaired) electrons. The van der Waals surface area contributed by atoms with Gasteiger partial charge >= 0.3 is 0 Å². The summed E-state index contributed by atoms with van der Waals surface area (Å²) in [5.74, 6) is 0. The lowest BCUT2D eigenvalue weighted by atomic mass is 9.96. The third-order valence-electron chi connectivity index (χ3n) is 3.32. The summed E-state index contributed by atoms with van der Waals surface area (Å²) in [6.07, 6.45) is 2.11. The highest BCUT2D eigenvalue weighted by molar-refractivity contribution is 7.98. The molecule has 1 atom stereocenters. The minimum absolute atomic E-state index is 0.259. The molecule has 0 amide bonds. The van der Waals surface area contributed by atoms with Crippen LogP contribution in [0, 0.1) is 13.8 Å². The fraction of sp³-hybridized carbons (Fsp3) is 0.294. The second kappa shape index (κ2) is 6.27. The summed E-state index contributed by atoms with van der Waals surface area (Å²) in [5.41, 5.74) is 5.27. The number of thioether (sulfide) groups is 1. The SMILES string of the molecule is CNC(c1ccc(SC)cc1)c1cc(C)cc(C)c1. The van der Waals surface area contributed by atoms with E-state index in [1.165, 1.54) is 27.1 Å². The summed E-state index contributed by atoms with van der Waals surface area (Å²) in [6.45, 7) is 4.31. The molecular weight excluding hydrogens is 250 g/mol. The van der Waals surface area contributed by atoms with E-state index in [9.17, 15) is 0 Å². The summed E-state index contributed by atoms with van der Waals surface area (Å²) < 4.78 is 0. The highest BCUT2D eigenvalue weighted by Crippen LogP contribution is 2.25. The van der Waals surface area contributed by atoms with Crippen molar-refractivity contribution in [2.45, 2.75) is 24.8 Å². The normalized spacial score (nSPS) is 12.4. The molecule has 0 bridgehead atoms. The summed E-state index contributed by atoms with van der Waals surface area (Å²) >= 11 is 1.78. The number of nitrogens with one attached hydrogen (secondary N) is 1. The molecule has 1 unspecified atom stereocenters. The summed E-state index contributed by atoms with van der Waals surface area (Å²) in [6, 6.07) is 15.8. The maximum absolute atomic E-state index is 3.42. The maximum Gasteiger partial charge on any atom is 0.0574 e. The molecule has 0 fully saturated rings. The molecule has 2 aromatic carbocycles. The third-order valence-corrected chi connectivity index (χ3v) is 4.06. The largest absolute Gasteiger partial charge is 0.309 e. The molecular formula is C17H21NS. The molecule has 19 heavy (non-hydrogen) atoms. The van der Waals surface area contributed by atoms with Gasteiger partial charge in [0.25, 0.3) is 0 Å². The molecule has 2 aromatic rings. The first-order valence-corrected chi connectivity index (χ1v) is 7.76. The second-order valence-electron chi connectivity index (χ2n) is 4.92. The Balaban J connectivity index is 2.37. The predicted molar refractivity (Wildman–Crippen MR) is 85.0 cm³/mol. The van der Waals surface area contributed by atoms with Crippen LogP contribution in [-0.4, -0.2) is 13.3 Å². The Morgan fingerprint density at radius 2 is 1.47 bits per heavy atom. The first-order valence-electron chi connectivity index (χ1n) is 6.53. The highest BCUT2D eigenvalue weighted by Gasteiger charge is 2.12. The van der Waals surface area contributed by atoms with E-state index in [2.05, 4.69) is 67.9 Å². The van der Waals surface area contributed by atoms with Crippen LogP contribution < -0.4 is 5.32 Å². The van der Waals surface area contributed by atoms with Gasteiger partial charge < -0.3 is 5.32 Å². The van der Waals surface area contributed by atoms with E-state index in [4.69, 9.17) is 0 Å². The number of hydrogen-bond acceptors (Lipinski definition) is 2. The Morgan fingerprint density at radius 1 is 0.895 bits per heavy atom. The van der Waals surface area contributed by atoms with Gasteiger partial charge in [0.1, 0.15) is 0 Å². The Kier molecular flexibility index (Phi) is 4.67.